The molecular formula is C14H25NaO6S. The van der Waals surface area contributed by atoms with Crippen LogP contribution in [-0.4, -0.2) is 31.0 Å². The van der Waals surface area contributed by atoms with E-state index in [2.05, 4.69) is 0 Å². The van der Waals surface area contributed by atoms with E-state index in [1.54, 1.807) is 0 Å². The molecule has 0 aliphatic rings. The second-order valence-electron chi connectivity index (χ2n) is 4.33. The number of rotatable bonds is 8. The minimum atomic E-state index is -2.61. The third-order valence-electron chi connectivity index (χ3n) is 2.34. The van der Waals surface area contributed by atoms with E-state index >= 15 is 0 Å². The van der Waals surface area contributed by atoms with Gasteiger partial charge in [0.25, 0.3) is 11.4 Å². The molecule has 0 saturated carbocycles. The summed E-state index contributed by atoms with van der Waals surface area (Å²) in [4.78, 5) is 11.1. The molecule has 0 aliphatic heterocycles. The second kappa shape index (κ2) is 18.9. The molecule has 0 bridgehead atoms. The predicted molar refractivity (Wildman–Crippen MR) is 82.3 cm³/mol. The van der Waals surface area contributed by atoms with Crippen molar-refractivity contribution in [3.63, 3.8) is 0 Å². The Kier molecular flexibility index (Phi) is 23.0. The van der Waals surface area contributed by atoms with Crippen LogP contribution in [0.5, 0.6) is 0 Å². The molecule has 0 aromatic rings. The number of esters is 1. The zero-order chi connectivity index (χ0) is 16.7. The van der Waals surface area contributed by atoms with Crippen molar-refractivity contribution in [1.29, 1.82) is 0 Å². The molecule has 0 unspecified atom stereocenters. The quantitative estimate of drug-likeness (QED) is 0.191. The first kappa shape index (κ1) is 26.7. The first-order valence-electron chi connectivity index (χ1n) is 6.58. The van der Waals surface area contributed by atoms with Gasteiger partial charge in [0.2, 0.25) is 0 Å². The van der Waals surface area contributed by atoms with E-state index in [9.17, 15) is 4.79 Å². The van der Waals surface area contributed by atoms with E-state index in [4.69, 9.17) is 23.2 Å². The average molecular weight is 344 g/mol. The third kappa shape index (κ3) is 24.8. The average Bonchev–Trinajstić information content (AvgIpc) is 2.38. The van der Waals surface area contributed by atoms with Gasteiger partial charge in [-0.25, -0.2) is 6.08 Å². The largest absolute Gasteiger partial charge is 1.00 e. The molecule has 0 atom stereocenters. The molecule has 22 heavy (non-hydrogen) atoms. The van der Waals surface area contributed by atoms with E-state index in [1.165, 1.54) is 5.57 Å². The van der Waals surface area contributed by atoms with Crippen molar-refractivity contribution in [2.45, 2.75) is 46.5 Å². The summed E-state index contributed by atoms with van der Waals surface area (Å²) in [5.74, 6) is -0.137. The van der Waals surface area contributed by atoms with Crippen LogP contribution in [0.25, 0.3) is 0 Å². The van der Waals surface area contributed by atoms with Gasteiger partial charge in [0.1, 0.15) is 6.61 Å². The molecule has 0 saturated heterocycles. The first-order valence-corrected chi connectivity index (χ1v) is 7.65. The minimum Gasteiger partial charge on any atom is -0.461 e. The van der Waals surface area contributed by atoms with Gasteiger partial charge in [-0.2, -0.15) is 9.78 Å². The molecule has 0 aromatic carbocycles. The van der Waals surface area contributed by atoms with Crippen molar-refractivity contribution in [2.75, 3.05) is 6.61 Å². The predicted octanol–water partition coefficient (Wildman–Crippen LogP) is 0.222. The van der Waals surface area contributed by atoms with E-state index in [0.717, 1.165) is 31.4 Å². The summed E-state index contributed by atoms with van der Waals surface area (Å²) in [6.07, 6.45) is 7.01. The Morgan fingerprint density at radius 2 is 1.77 bits per heavy atom. The summed E-state index contributed by atoms with van der Waals surface area (Å²) in [6, 6.07) is 0. The van der Waals surface area contributed by atoms with Crippen LogP contribution in [-0.2, 0) is 20.9 Å². The molecule has 124 valence electrons. The first-order chi connectivity index (χ1) is 9.83. The van der Waals surface area contributed by atoms with Crippen molar-refractivity contribution in [3.05, 3.63) is 29.9 Å². The Balaban J connectivity index is -0.000000640. The minimum absolute atomic E-state index is 0. The van der Waals surface area contributed by atoms with Gasteiger partial charge in [0.15, 0.2) is 0 Å². The maximum Gasteiger partial charge on any atom is 1.00 e. The number of carbonyl (C=O) groups is 1. The normalized spacial score (nSPS) is 11.2. The molecule has 6 nitrogen and oxygen atoms in total. The van der Waals surface area contributed by atoms with Crippen LogP contribution in [0.2, 0.25) is 0 Å². The van der Waals surface area contributed by atoms with Gasteiger partial charge < -0.3 is 9.84 Å². The van der Waals surface area contributed by atoms with Crippen LogP contribution >= 0.6 is 0 Å². The fourth-order valence-corrected chi connectivity index (χ4v) is 1.24. The van der Waals surface area contributed by atoms with Gasteiger partial charge in [-0.1, -0.05) is 25.8 Å². The van der Waals surface area contributed by atoms with E-state index in [0.29, 0.717) is 13.0 Å². The van der Waals surface area contributed by atoms with Crippen LogP contribution in [0.1, 0.15) is 46.5 Å². The van der Waals surface area contributed by atoms with Crippen LogP contribution in [0.15, 0.2) is 23.3 Å². The number of hydrogen-bond donors (Lipinski definition) is 3. The standard InChI is InChI=1S/C14H23O3.Na.H2O3S/c1-4-6-14(16)17-10-9-12(2)7-5-8-13(3)11-15;;1-4(2)3/h8-9,11,15H,4-7,10H2,1-3H3;;(H2,1,2,3)/q-1;+1;. The summed E-state index contributed by atoms with van der Waals surface area (Å²) in [7, 11) is 0. The van der Waals surface area contributed by atoms with Crippen LogP contribution in [0, 0.1) is 6.61 Å². The Morgan fingerprint density at radius 3 is 2.23 bits per heavy atom. The molecule has 0 rings (SSSR count). The molecule has 0 radical (unpaired) electrons. The van der Waals surface area contributed by atoms with E-state index in [-0.39, 0.29) is 35.5 Å². The number of allylic oxidation sites excluding steroid dienone is 2. The Bertz CT molecular complexity index is 364. The summed E-state index contributed by atoms with van der Waals surface area (Å²) in [5, 5.41) is 8.69. The molecule has 8 heteroatoms. The molecule has 0 aromatic heterocycles. The Morgan fingerprint density at radius 1 is 1.23 bits per heavy atom. The van der Waals surface area contributed by atoms with E-state index in [1.807, 2.05) is 32.9 Å². The van der Waals surface area contributed by atoms with Gasteiger partial charge >= 0.3 is 35.5 Å². The molecule has 0 heterocycles. The summed E-state index contributed by atoms with van der Waals surface area (Å²) in [6.45, 7) is 7.28. The number of ether oxygens (including phenoxy) is 1. The SMILES string of the molecule is CCCC(=O)OCC=C(C)CCC=C(C)[CH-]O.O=S(O)O.[Na+]. The topological polar surface area (TPSA) is 104 Å². The van der Waals surface area contributed by atoms with Gasteiger partial charge in [-0.05, 0) is 25.8 Å². The Hall–Kier alpha value is -0.150. The van der Waals surface area contributed by atoms with E-state index < -0.39 is 11.4 Å². The zero-order valence-electron chi connectivity index (χ0n) is 13.7. The smallest absolute Gasteiger partial charge is 0.461 e. The number of aliphatic hydroxyl groups is 1. The van der Waals surface area contributed by atoms with Gasteiger partial charge in [0, 0.05) is 6.42 Å². The fourth-order valence-electron chi connectivity index (χ4n) is 1.24. The molecule has 0 fully saturated rings. The number of carbonyl (C=O) groups excluding carboxylic acids is 1. The summed E-state index contributed by atoms with van der Waals surface area (Å²) < 4.78 is 27.9. The van der Waals surface area contributed by atoms with Crippen LogP contribution in [0.4, 0.5) is 0 Å². The van der Waals surface area contributed by atoms with Gasteiger partial charge in [-0.3, -0.25) is 13.9 Å². The maximum absolute atomic E-state index is 11.1. The summed E-state index contributed by atoms with van der Waals surface area (Å²) in [5.41, 5.74) is 2.06. The number of hydrogen-bond acceptors (Lipinski definition) is 4. The van der Waals surface area contributed by atoms with Gasteiger partial charge in [-0.15, -0.1) is 6.61 Å². The van der Waals surface area contributed by atoms with Gasteiger partial charge in [0.05, 0.1) is 0 Å². The number of aliphatic hydroxyl groups excluding tert-OH is 1. The molecular weight excluding hydrogens is 319 g/mol. The van der Waals surface area contributed by atoms with Crippen LogP contribution in [0.3, 0.4) is 0 Å². The van der Waals surface area contributed by atoms with Crippen molar-refractivity contribution in [2.24, 2.45) is 0 Å². The van der Waals surface area contributed by atoms with Crippen molar-refractivity contribution >= 4 is 17.3 Å². The Labute approximate surface area is 157 Å². The summed E-state index contributed by atoms with van der Waals surface area (Å²) >= 11 is -2.61. The van der Waals surface area contributed by atoms with Crippen molar-refractivity contribution in [1.82, 2.24) is 0 Å². The second-order valence-corrected chi connectivity index (χ2v) is 4.79. The zero-order valence-corrected chi connectivity index (χ0v) is 16.6. The van der Waals surface area contributed by atoms with Crippen molar-refractivity contribution in [3.8, 4) is 0 Å². The van der Waals surface area contributed by atoms with Crippen molar-refractivity contribution < 1.29 is 57.5 Å². The molecule has 0 amide bonds. The maximum atomic E-state index is 11.1. The molecule has 0 aliphatic carbocycles. The fraction of sp³-hybridized carbons (Fsp3) is 0.571. The monoisotopic (exact) mass is 344 g/mol. The molecule has 3 N–H and O–H groups in total. The molecule has 0 spiro atoms. The van der Waals surface area contributed by atoms with Crippen LogP contribution < -0.4 is 29.6 Å². The third-order valence-corrected chi connectivity index (χ3v) is 2.34.